The van der Waals surface area contributed by atoms with Gasteiger partial charge in [0.25, 0.3) is 0 Å². The second-order valence-electron chi connectivity index (χ2n) is 3.64. The first-order valence-corrected chi connectivity index (χ1v) is 6.50. The molecule has 1 aromatic carbocycles. The molecule has 0 amide bonds. The van der Waals surface area contributed by atoms with Crippen LogP contribution < -0.4 is 10.5 Å². The van der Waals surface area contributed by atoms with Crippen LogP contribution in [0.3, 0.4) is 0 Å². The third-order valence-corrected chi connectivity index (χ3v) is 3.54. The van der Waals surface area contributed by atoms with Gasteiger partial charge in [-0.2, -0.15) is 0 Å². The molecule has 4 heteroatoms. The zero-order valence-electron chi connectivity index (χ0n) is 9.85. The summed E-state index contributed by atoms with van der Waals surface area (Å²) < 4.78 is 5.66. The van der Waals surface area contributed by atoms with Crippen molar-refractivity contribution in [2.45, 2.75) is 26.5 Å². The van der Waals surface area contributed by atoms with Crippen LogP contribution in [0.1, 0.15) is 22.5 Å². The Hall–Kier alpha value is -1.39. The van der Waals surface area contributed by atoms with Crippen molar-refractivity contribution >= 4 is 11.3 Å². The lowest BCUT2D eigenvalue weighted by molar-refractivity contribution is 0.305. The first kappa shape index (κ1) is 12.1. The standard InChI is InChI=1S/C13H16N2OS/c1-2-11-12(8-14)17-13(15-11)9-16-10-6-4-3-5-7-10/h3-7H,2,8-9,14H2,1H3. The molecule has 2 aromatic rings. The van der Waals surface area contributed by atoms with Crippen molar-refractivity contribution < 1.29 is 4.74 Å². The van der Waals surface area contributed by atoms with Gasteiger partial charge in [-0.15, -0.1) is 11.3 Å². The predicted molar refractivity (Wildman–Crippen MR) is 70.2 cm³/mol. The van der Waals surface area contributed by atoms with Crippen LogP contribution in [0.15, 0.2) is 30.3 Å². The molecule has 2 N–H and O–H groups in total. The van der Waals surface area contributed by atoms with E-state index in [1.165, 1.54) is 4.88 Å². The van der Waals surface area contributed by atoms with Gasteiger partial charge in [-0.1, -0.05) is 25.1 Å². The van der Waals surface area contributed by atoms with Crippen LogP contribution in [0.2, 0.25) is 0 Å². The molecule has 0 bridgehead atoms. The van der Waals surface area contributed by atoms with E-state index in [-0.39, 0.29) is 0 Å². The van der Waals surface area contributed by atoms with Crippen molar-refractivity contribution in [1.29, 1.82) is 0 Å². The third-order valence-electron chi connectivity index (χ3n) is 2.45. The number of rotatable bonds is 5. The largest absolute Gasteiger partial charge is 0.486 e. The smallest absolute Gasteiger partial charge is 0.140 e. The molecule has 0 saturated carbocycles. The van der Waals surface area contributed by atoms with E-state index in [1.54, 1.807) is 11.3 Å². The SMILES string of the molecule is CCc1nc(COc2ccccc2)sc1CN. The van der Waals surface area contributed by atoms with E-state index in [1.807, 2.05) is 30.3 Å². The summed E-state index contributed by atoms with van der Waals surface area (Å²) >= 11 is 1.64. The summed E-state index contributed by atoms with van der Waals surface area (Å²) in [6.45, 7) is 3.17. The van der Waals surface area contributed by atoms with Crippen LogP contribution in [-0.4, -0.2) is 4.98 Å². The van der Waals surface area contributed by atoms with Crippen LogP contribution in [0.5, 0.6) is 5.75 Å². The monoisotopic (exact) mass is 248 g/mol. The summed E-state index contributed by atoms with van der Waals surface area (Å²) in [5.41, 5.74) is 6.78. The number of nitrogens with zero attached hydrogens (tertiary/aromatic N) is 1. The third kappa shape index (κ3) is 3.05. The fraction of sp³-hybridized carbons (Fsp3) is 0.308. The van der Waals surface area contributed by atoms with Crippen LogP contribution >= 0.6 is 11.3 Å². The number of hydrogen-bond acceptors (Lipinski definition) is 4. The number of nitrogens with two attached hydrogens (primary N) is 1. The fourth-order valence-electron chi connectivity index (χ4n) is 1.60. The highest BCUT2D eigenvalue weighted by molar-refractivity contribution is 7.11. The van der Waals surface area contributed by atoms with Gasteiger partial charge in [0.2, 0.25) is 0 Å². The number of para-hydroxylation sites is 1. The molecule has 0 atom stereocenters. The number of thiazole rings is 1. The molecule has 0 fully saturated rings. The number of ether oxygens (including phenoxy) is 1. The highest BCUT2D eigenvalue weighted by Gasteiger charge is 2.08. The zero-order chi connectivity index (χ0) is 12.1. The zero-order valence-corrected chi connectivity index (χ0v) is 10.7. The topological polar surface area (TPSA) is 48.1 Å². The Morgan fingerprint density at radius 2 is 2.06 bits per heavy atom. The van der Waals surface area contributed by atoms with Crippen LogP contribution in [-0.2, 0) is 19.6 Å². The van der Waals surface area contributed by atoms with E-state index in [0.29, 0.717) is 13.2 Å². The molecular formula is C13H16N2OS. The predicted octanol–water partition coefficient (Wildman–Crippen LogP) is 2.74. The van der Waals surface area contributed by atoms with E-state index < -0.39 is 0 Å². The second-order valence-corrected chi connectivity index (χ2v) is 4.81. The lowest BCUT2D eigenvalue weighted by Crippen LogP contribution is -1.97. The molecule has 0 aliphatic rings. The second kappa shape index (κ2) is 5.80. The van der Waals surface area contributed by atoms with Crippen LogP contribution in [0, 0.1) is 0 Å². The molecule has 0 saturated heterocycles. The summed E-state index contributed by atoms with van der Waals surface area (Å²) in [7, 11) is 0. The van der Waals surface area contributed by atoms with Gasteiger partial charge in [0.05, 0.1) is 5.69 Å². The number of aryl methyl sites for hydroxylation is 1. The fourth-order valence-corrected chi connectivity index (χ4v) is 2.55. The van der Waals surface area contributed by atoms with E-state index in [2.05, 4.69) is 11.9 Å². The minimum Gasteiger partial charge on any atom is -0.486 e. The molecule has 90 valence electrons. The molecule has 1 aromatic heterocycles. The van der Waals surface area contributed by atoms with Crippen molar-refractivity contribution in [1.82, 2.24) is 4.98 Å². The van der Waals surface area contributed by atoms with Gasteiger partial charge < -0.3 is 10.5 Å². The average molecular weight is 248 g/mol. The van der Waals surface area contributed by atoms with Crippen molar-refractivity contribution in [3.63, 3.8) is 0 Å². The van der Waals surface area contributed by atoms with Gasteiger partial charge in [0.1, 0.15) is 17.4 Å². The van der Waals surface area contributed by atoms with Crippen molar-refractivity contribution in [2.75, 3.05) is 0 Å². The van der Waals surface area contributed by atoms with Crippen LogP contribution in [0.4, 0.5) is 0 Å². The molecule has 0 spiro atoms. The van der Waals surface area contributed by atoms with Gasteiger partial charge in [-0.3, -0.25) is 0 Å². The molecule has 0 radical (unpaired) electrons. The first-order valence-electron chi connectivity index (χ1n) is 5.68. The maximum atomic E-state index is 5.68. The molecule has 0 unspecified atom stereocenters. The van der Waals surface area contributed by atoms with E-state index in [4.69, 9.17) is 10.5 Å². The highest BCUT2D eigenvalue weighted by Crippen LogP contribution is 2.20. The van der Waals surface area contributed by atoms with Gasteiger partial charge in [0, 0.05) is 11.4 Å². The highest BCUT2D eigenvalue weighted by atomic mass is 32.1. The molecule has 3 nitrogen and oxygen atoms in total. The maximum absolute atomic E-state index is 5.68. The van der Waals surface area contributed by atoms with Gasteiger partial charge in [-0.25, -0.2) is 4.98 Å². The quantitative estimate of drug-likeness (QED) is 0.885. The molecule has 17 heavy (non-hydrogen) atoms. The number of aromatic nitrogens is 1. The Morgan fingerprint density at radius 1 is 1.29 bits per heavy atom. The van der Waals surface area contributed by atoms with E-state index in [0.717, 1.165) is 22.9 Å². The average Bonchev–Trinajstić information content (AvgIpc) is 2.80. The van der Waals surface area contributed by atoms with Crippen molar-refractivity contribution in [2.24, 2.45) is 5.73 Å². The van der Waals surface area contributed by atoms with Gasteiger partial charge in [0.15, 0.2) is 0 Å². The Bertz CT molecular complexity index is 446. The number of benzene rings is 1. The lowest BCUT2D eigenvalue weighted by Gasteiger charge is -2.02. The molecule has 0 aliphatic heterocycles. The van der Waals surface area contributed by atoms with Crippen molar-refractivity contribution in [3.05, 3.63) is 45.9 Å². The minimum atomic E-state index is 0.516. The lowest BCUT2D eigenvalue weighted by atomic mass is 10.3. The Balaban J connectivity index is 2.02. The van der Waals surface area contributed by atoms with Gasteiger partial charge in [-0.05, 0) is 18.6 Å². The molecule has 1 heterocycles. The Kier molecular flexibility index (Phi) is 4.12. The van der Waals surface area contributed by atoms with Crippen LogP contribution in [0.25, 0.3) is 0 Å². The van der Waals surface area contributed by atoms with Crippen molar-refractivity contribution in [3.8, 4) is 5.75 Å². The Labute approximate surface area is 105 Å². The minimum absolute atomic E-state index is 0.516. The summed E-state index contributed by atoms with van der Waals surface area (Å²) in [6.07, 6.45) is 0.925. The maximum Gasteiger partial charge on any atom is 0.140 e. The summed E-state index contributed by atoms with van der Waals surface area (Å²) in [6, 6.07) is 9.77. The summed E-state index contributed by atoms with van der Waals surface area (Å²) in [5.74, 6) is 0.870. The molecule has 0 aliphatic carbocycles. The van der Waals surface area contributed by atoms with Gasteiger partial charge >= 0.3 is 0 Å². The first-order chi connectivity index (χ1) is 8.33. The summed E-state index contributed by atoms with van der Waals surface area (Å²) in [5, 5.41) is 0.992. The number of hydrogen-bond donors (Lipinski definition) is 1. The molecule has 2 rings (SSSR count). The normalized spacial score (nSPS) is 10.5. The Morgan fingerprint density at radius 3 is 2.65 bits per heavy atom. The summed E-state index contributed by atoms with van der Waals surface area (Å²) in [4.78, 5) is 5.69. The molecular weight excluding hydrogens is 232 g/mol. The van der Waals surface area contributed by atoms with E-state index in [9.17, 15) is 0 Å². The van der Waals surface area contributed by atoms with E-state index >= 15 is 0 Å².